The number of nitrogens with two attached hydrogens (primary N) is 1. The molecule has 0 aromatic heterocycles. The van der Waals surface area contributed by atoms with E-state index in [1.54, 1.807) is 0 Å². The van der Waals surface area contributed by atoms with Gasteiger partial charge in [-0.1, -0.05) is 50.6 Å². The van der Waals surface area contributed by atoms with Crippen molar-refractivity contribution in [1.29, 1.82) is 0 Å². The Morgan fingerprint density at radius 1 is 1.09 bits per heavy atom. The van der Waals surface area contributed by atoms with Gasteiger partial charge in [0.1, 0.15) is 6.09 Å². The number of rotatable bonds is 17. The smallest absolute Gasteiger partial charge is 0.243 e. The maximum atomic E-state index is 14.2. The maximum absolute atomic E-state index is 14.2. The molecule has 2 aromatic carbocycles. The fraction of sp³-hybridized carbons (Fsp3) is 0.594. The summed E-state index contributed by atoms with van der Waals surface area (Å²) in [5.74, 6) is -0.246. The fourth-order valence-electron chi connectivity index (χ4n) is 6.43. The number of aliphatic hydroxyl groups is 1. The van der Waals surface area contributed by atoms with E-state index < -0.39 is 62.6 Å². The summed E-state index contributed by atoms with van der Waals surface area (Å²) >= 11 is 0. The van der Waals surface area contributed by atoms with E-state index in [1.807, 2.05) is 44.2 Å². The zero-order chi connectivity index (χ0) is 34.4. The number of nitrogens with zero attached hydrogens (tertiary/aromatic N) is 2. The van der Waals surface area contributed by atoms with Gasteiger partial charge >= 0.3 is 0 Å². The first kappa shape index (κ1) is 37.0. The Morgan fingerprint density at radius 3 is 2.40 bits per heavy atom. The summed E-state index contributed by atoms with van der Waals surface area (Å²) in [6.07, 6.45) is 0.0316. The number of nitrogen functional groups attached to an aromatic ring is 1. The molecule has 0 unspecified atom stereocenters. The Kier molecular flexibility index (Phi) is 12.3. The Balaban J connectivity index is 1.63. The number of carbonyl (C=O) groups excluding carboxylic acids is 1. The van der Waals surface area contributed by atoms with Crippen LogP contribution in [0, 0.1) is 11.3 Å². The Morgan fingerprint density at radius 2 is 1.77 bits per heavy atom. The molecule has 2 aliphatic rings. The Labute approximate surface area is 278 Å². The lowest BCUT2D eigenvalue weighted by molar-refractivity contribution is -0.273. The average molecular weight is 696 g/mol. The number of carboxylic acid groups (broad SMARTS) is 1. The molecule has 262 valence electrons. The van der Waals surface area contributed by atoms with Gasteiger partial charge in [-0.2, -0.15) is 4.31 Å². The van der Waals surface area contributed by atoms with Gasteiger partial charge in [-0.25, -0.2) is 21.6 Å². The van der Waals surface area contributed by atoms with E-state index in [-0.39, 0.29) is 36.9 Å². The van der Waals surface area contributed by atoms with Gasteiger partial charge in [0.05, 0.1) is 42.6 Å². The second-order valence-electron chi connectivity index (χ2n) is 13.2. The SMILES string of the molecule is CC(C)(CCCCNS(C)(=O)=O)CN(C[C@@H](O)[C@H](Cc1ccccc1)N(C(=O)[O-])[C@H]1CO[C@H]2OCC[C@H]21)S(=O)(=O)c1ccc(N)cc1. The molecule has 2 saturated heterocycles. The molecule has 2 heterocycles. The molecular weight excluding hydrogens is 649 g/mol. The molecule has 2 aromatic rings. The van der Waals surface area contributed by atoms with E-state index in [0.717, 1.165) is 16.7 Å². The van der Waals surface area contributed by atoms with E-state index in [2.05, 4.69) is 4.72 Å². The van der Waals surface area contributed by atoms with E-state index in [9.17, 15) is 31.8 Å². The van der Waals surface area contributed by atoms with Crippen LogP contribution in [0.2, 0.25) is 0 Å². The van der Waals surface area contributed by atoms with Gasteiger partial charge in [0, 0.05) is 31.2 Å². The van der Waals surface area contributed by atoms with Crippen molar-refractivity contribution in [1.82, 2.24) is 13.9 Å². The van der Waals surface area contributed by atoms with Crippen LogP contribution in [0.4, 0.5) is 10.5 Å². The van der Waals surface area contributed by atoms with E-state index in [0.29, 0.717) is 38.0 Å². The molecule has 0 radical (unpaired) electrons. The minimum Gasteiger partial charge on any atom is -0.530 e. The molecule has 5 atom stereocenters. The third kappa shape index (κ3) is 10.1. The molecule has 0 bridgehead atoms. The zero-order valence-electron chi connectivity index (χ0n) is 27.2. The van der Waals surface area contributed by atoms with Crippen LogP contribution in [-0.4, -0.2) is 101 Å². The third-order valence-electron chi connectivity index (χ3n) is 8.82. The second kappa shape index (κ2) is 15.6. The molecular formula is C32H47N4O9S2-. The van der Waals surface area contributed by atoms with Gasteiger partial charge < -0.3 is 35.1 Å². The van der Waals surface area contributed by atoms with E-state index >= 15 is 0 Å². The van der Waals surface area contributed by atoms with Crippen molar-refractivity contribution in [2.45, 2.75) is 75.3 Å². The number of unbranched alkanes of at least 4 members (excludes halogenated alkanes) is 1. The lowest BCUT2D eigenvalue weighted by Gasteiger charge is -2.43. The number of ether oxygens (including phenoxy) is 2. The zero-order valence-corrected chi connectivity index (χ0v) is 28.8. The summed E-state index contributed by atoms with van der Waals surface area (Å²) in [5.41, 5.74) is 6.38. The molecule has 4 rings (SSSR count). The highest BCUT2D eigenvalue weighted by atomic mass is 32.2. The maximum Gasteiger partial charge on any atom is 0.243 e. The van der Waals surface area contributed by atoms with Gasteiger partial charge in [-0.3, -0.25) is 0 Å². The summed E-state index contributed by atoms with van der Waals surface area (Å²) in [4.78, 5) is 13.9. The lowest BCUT2D eigenvalue weighted by atomic mass is 9.87. The predicted molar refractivity (Wildman–Crippen MR) is 175 cm³/mol. The number of fused-ring (bicyclic) bond motifs is 1. The molecule has 0 spiro atoms. The highest BCUT2D eigenvalue weighted by Crippen LogP contribution is 2.36. The molecule has 0 saturated carbocycles. The van der Waals surface area contributed by atoms with Gasteiger partial charge in [0.25, 0.3) is 0 Å². The number of hydrogen-bond acceptors (Lipinski definition) is 10. The standard InChI is InChI=1S/C32H48N4O9S2/c1-32(2,16-7-8-17-34-46(3,40)41)22-35(47(42,43)25-13-11-24(33)12-14-25)20-29(37)27(19-23-9-5-4-6-10-23)36(31(38)39)28-21-45-30-26(28)15-18-44-30/h4-6,9-14,26-30,34,37H,7-8,15-22,33H2,1-3H3,(H,38,39)/p-1/t26-,27-,28-,29+,30+/m0/s1. The van der Waals surface area contributed by atoms with E-state index in [1.165, 1.54) is 28.6 Å². The molecule has 2 fully saturated rings. The predicted octanol–water partition coefficient (Wildman–Crippen LogP) is 1.38. The Hall–Kier alpha value is -2.79. The first-order valence-corrected chi connectivity index (χ1v) is 19.2. The number of hydrogen-bond donors (Lipinski definition) is 3. The highest BCUT2D eigenvalue weighted by molar-refractivity contribution is 7.89. The normalized spacial score (nSPS) is 21.4. The van der Waals surface area contributed by atoms with Crippen molar-refractivity contribution in [2.75, 3.05) is 44.8 Å². The first-order valence-electron chi connectivity index (χ1n) is 15.8. The topological polar surface area (TPSA) is 192 Å². The van der Waals surface area contributed by atoms with Crippen molar-refractivity contribution >= 4 is 31.8 Å². The molecule has 1 amide bonds. The fourth-order valence-corrected chi connectivity index (χ4v) is 8.59. The van der Waals surface area contributed by atoms with Crippen molar-refractivity contribution in [2.24, 2.45) is 11.3 Å². The third-order valence-corrected chi connectivity index (χ3v) is 11.4. The first-order chi connectivity index (χ1) is 22.1. The molecule has 47 heavy (non-hydrogen) atoms. The Bertz CT molecular complexity index is 1540. The van der Waals surface area contributed by atoms with Gasteiger partial charge in [-0.15, -0.1) is 0 Å². The molecule has 0 aliphatic carbocycles. The van der Waals surface area contributed by atoms with Crippen LogP contribution in [-0.2, 0) is 35.9 Å². The quantitative estimate of drug-likeness (QED) is 0.161. The minimum atomic E-state index is -4.19. The molecule has 13 nitrogen and oxygen atoms in total. The number of aliphatic hydroxyl groups excluding tert-OH is 1. The number of carbonyl (C=O) groups is 1. The largest absolute Gasteiger partial charge is 0.530 e. The van der Waals surface area contributed by atoms with Crippen LogP contribution in [0.1, 0.15) is 45.1 Å². The number of amides is 1. The van der Waals surface area contributed by atoms with Crippen LogP contribution >= 0.6 is 0 Å². The monoisotopic (exact) mass is 695 g/mol. The van der Waals surface area contributed by atoms with Crippen molar-refractivity contribution in [3.63, 3.8) is 0 Å². The molecule has 15 heteroatoms. The number of nitrogens with one attached hydrogen (secondary N) is 1. The minimum absolute atomic E-state index is 0.00469. The number of benzene rings is 2. The van der Waals surface area contributed by atoms with Crippen LogP contribution in [0.5, 0.6) is 0 Å². The summed E-state index contributed by atoms with van der Waals surface area (Å²) in [5, 5.41) is 24.8. The van der Waals surface area contributed by atoms with Crippen molar-refractivity contribution in [3.05, 3.63) is 60.2 Å². The van der Waals surface area contributed by atoms with Gasteiger partial charge in [-0.05, 0) is 60.9 Å². The van der Waals surface area contributed by atoms with Crippen molar-refractivity contribution in [3.8, 4) is 0 Å². The van der Waals surface area contributed by atoms with Crippen LogP contribution in [0.3, 0.4) is 0 Å². The number of sulfonamides is 2. The summed E-state index contributed by atoms with van der Waals surface area (Å²) in [6, 6.07) is 13.2. The van der Waals surface area contributed by atoms with Crippen molar-refractivity contribution < 1.29 is 41.3 Å². The van der Waals surface area contributed by atoms with Gasteiger partial charge in [0.15, 0.2) is 6.29 Å². The van der Waals surface area contributed by atoms with Crippen LogP contribution in [0.25, 0.3) is 0 Å². The molecule has 2 aliphatic heterocycles. The second-order valence-corrected chi connectivity index (χ2v) is 17.0. The van der Waals surface area contributed by atoms with Crippen LogP contribution < -0.4 is 15.6 Å². The lowest BCUT2D eigenvalue weighted by Crippen LogP contribution is -2.61. The summed E-state index contributed by atoms with van der Waals surface area (Å²) < 4.78 is 66.2. The summed E-state index contributed by atoms with van der Waals surface area (Å²) in [7, 11) is -7.51. The van der Waals surface area contributed by atoms with E-state index in [4.69, 9.17) is 15.2 Å². The number of anilines is 1. The molecule has 4 N–H and O–H groups in total. The summed E-state index contributed by atoms with van der Waals surface area (Å²) in [6.45, 7) is 4.16. The average Bonchev–Trinajstić information content (AvgIpc) is 3.61. The van der Waals surface area contributed by atoms with Crippen LogP contribution in [0.15, 0.2) is 59.5 Å². The van der Waals surface area contributed by atoms with Gasteiger partial charge in [0.2, 0.25) is 20.0 Å². The highest BCUT2D eigenvalue weighted by Gasteiger charge is 2.47.